The van der Waals surface area contributed by atoms with Crippen LogP contribution in [0.1, 0.15) is 55.9 Å². The van der Waals surface area contributed by atoms with E-state index >= 15 is 0 Å². The third kappa shape index (κ3) is 10.5. The maximum absolute atomic E-state index is 13.8. The quantitative estimate of drug-likeness (QED) is 0.152. The van der Waals surface area contributed by atoms with Crippen molar-refractivity contribution in [1.82, 2.24) is 4.90 Å². The lowest BCUT2D eigenvalue weighted by atomic mass is 9.88. The molecule has 1 unspecified atom stereocenters. The van der Waals surface area contributed by atoms with Crippen molar-refractivity contribution in [2.24, 2.45) is 5.41 Å². The second kappa shape index (κ2) is 17.2. The van der Waals surface area contributed by atoms with Gasteiger partial charge in [0.05, 0.1) is 32.2 Å². The molecule has 48 heavy (non-hydrogen) atoms. The number of benzene rings is 2. The summed E-state index contributed by atoms with van der Waals surface area (Å²) in [5, 5.41) is 11.6. The van der Waals surface area contributed by atoms with E-state index in [0.29, 0.717) is 29.8 Å². The highest BCUT2D eigenvalue weighted by atomic mass is 16.6. The fourth-order valence-electron chi connectivity index (χ4n) is 4.93. The summed E-state index contributed by atoms with van der Waals surface area (Å²) in [4.78, 5) is 76.3. The van der Waals surface area contributed by atoms with Crippen LogP contribution in [0.2, 0.25) is 0 Å². The van der Waals surface area contributed by atoms with Gasteiger partial charge in [0.15, 0.2) is 6.04 Å². The zero-order valence-electron chi connectivity index (χ0n) is 27.6. The molecule has 13 heteroatoms. The highest BCUT2D eigenvalue weighted by Crippen LogP contribution is 2.29. The number of nitrogens with zero attached hydrogens (tertiary/aromatic N) is 1. The number of methoxy groups -OCH3 is 1. The number of ether oxygens (including phenoxy) is 4. The lowest BCUT2D eigenvalue weighted by Crippen LogP contribution is -2.57. The van der Waals surface area contributed by atoms with Gasteiger partial charge in [-0.25, -0.2) is 9.59 Å². The number of hydrogen-bond donors (Lipinski definition) is 2. The summed E-state index contributed by atoms with van der Waals surface area (Å²) >= 11 is 0. The lowest BCUT2D eigenvalue weighted by molar-refractivity contribution is -0.170. The van der Waals surface area contributed by atoms with Crippen LogP contribution in [0.15, 0.2) is 55.1 Å². The summed E-state index contributed by atoms with van der Waals surface area (Å²) in [6.07, 6.45) is 0.311. The minimum Gasteiger partial charge on any atom is -0.496 e. The molecule has 2 aromatic carbocycles. The Bertz CT molecular complexity index is 1530. The molecule has 2 aromatic rings. The van der Waals surface area contributed by atoms with E-state index in [1.807, 2.05) is 25.1 Å². The monoisotopic (exact) mass is 666 g/mol. The van der Waals surface area contributed by atoms with Gasteiger partial charge in [-0.2, -0.15) is 0 Å². The molecule has 1 fully saturated rings. The second-order valence-corrected chi connectivity index (χ2v) is 11.9. The number of rotatable bonds is 16. The van der Waals surface area contributed by atoms with Crippen LogP contribution in [0.25, 0.3) is 0 Å². The number of amides is 2. The predicted molar refractivity (Wildman–Crippen MR) is 173 cm³/mol. The van der Waals surface area contributed by atoms with Crippen molar-refractivity contribution >= 4 is 41.2 Å². The number of aryl methyl sites for hydroxylation is 2. The molecule has 2 amide bonds. The van der Waals surface area contributed by atoms with Crippen LogP contribution in [-0.2, 0) is 49.4 Å². The smallest absolute Gasteiger partial charge is 0.331 e. The van der Waals surface area contributed by atoms with Gasteiger partial charge in [-0.05, 0) is 68.5 Å². The Hall–Kier alpha value is -5.04. The Morgan fingerprint density at radius 3 is 2.56 bits per heavy atom. The van der Waals surface area contributed by atoms with Crippen molar-refractivity contribution in [2.45, 2.75) is 58.6 Å². The number of Topliss-reactive ketones (excluding diaryl/α,β-unsaturated/α-hetero) is 1. The van der Waals surface area contributed by atoms with Gasteiger partial charge in [0.25, 0.3) is 5.91 Å². The van der Waals surface area contributed by atoms with E-state index in [1.165, 1.54) is 13.8 Å². The van der Waals surface area contributed by atoms with E-state index in [0.717, 1.165) is 22.1 Å². The summed E-state index contributed by atoms with van der Waals surface area (Å²) in [5.74, 6) is -4.21. The molecule has 258 valence electrons. The highest BCUT2D eigenvalue weighted by molar-refractivity contribution is 6.38. The molecule has 0 aliphatic carbocycles. The summed E-state index contributed by atoms with van der Waals surface area (Å²) in [6, 6.07) is 11.1. The maximum Gasteiger partial charge on any atom is 0.331 e. The first-order chi connectivity index (χ1) is 22.7. The minimum absolute atomic E-state index is 0.0431. The molecule has 3 rings (SSSR count). The maximum atomic E-state index is 13.8. The summed E-state index contributed by atoms with van der Waals surface area (Å²) in [7, 11) is 1.58. The number of anilines is 1. The molecule has 1 saturated heterocycles. The van der Waals surface area contributed by atoms with Crippen LogP contribution >= 0.6 is 0 Å². The average Bonchev–Trinajstić information content (AvgIpc) is 3.07. The van der Waals surface area contributed by atoms with Gasteiger partial charge >= 0.3 is 17.9 Å². The third-order valence-electron chi connectivity index (χ3n) is 7.75. The van der Waals surface area contributed by atoms with E-state index in [9.17, 15) is 28.8 Å². The number of nitrogens with one attached hydrogen (secondary N) is 1. The Balaban J connectivity index is 1.85. The van der Waals surface area contributed by atoms with E-state index in [2.05, 4.69) is 11.9 Å². The number of carbonyl (C=O) groups is 6. The van der Waals surface area contributed by atoms with Crippen molar-refractivity contribution in [3.8, 4) is 5.75 Å². The van der Waals surface area contributed by atoms with Crippen LogP contribution in [0.3, 0.4) is 0 Å². The minimum atomic E-state index is -1.38. The molecule has 1 aliphatic heterocycles. The fourth-order valence-corrected chi connectivity index (χ4v) is 4.93. The largest absolute Gasteiger partial charge is 0.496 e. The van der Waals surface area contributed by atoms with Gasteiger partial charge < -0.3 is 34.3 Å². The summed E-state index contributed by atoms with van der Waals surface area (Å²) in [6.45, 7) is 7.64. The molecule has 0 bridgehead atoms. The fraction of sp³-hybridized carbons (Fsp3) is 0.429. The number of carboxylic acids is 1. The molecule has 2 atom stereocenters. The molecule has 0 saturated carbocycles. The Kier molecular flexibility index (Phi) is 13.4. The predicted octanol–water partition coefficient (Wildman–Crippen LogP) is 3.58. The van der Waals surface area contributed by atoms with Gasteiger partial charge in [0.2, 0.25) is 11.7 Å². The molecule has 0 aromatic heterocycles. The average molecular weight is 667 g/mol. The molecular formula is C35H42N2O11. The standard InChI is InChI=1S/C35H42N2O11/c1-6-31(41)47-21-35(3,4)32(42)33(43)37-16-17-46-20-26(37)34(44)48-27(13-12-23-11-10-22(2)28(18-23)45-5)24-8-7-9-25(19-24)36-29(38)14-15-30(39)40/h6-11,18-19,26-27H,1,12-17,20-21H2,2-5H3,(H,36,38)(H,39,40)/t26?,27-/m1/s1. The zero-order chi connectivity index (χ0) is 35.4. The van der Waals surface area contributed by atoms with Crippen LogP contribution in [0.5, 0.6) is 5.75 Å². The van der Waals surface area contributed by atoms with Crippen molar-refractivity contribution in [3.63, 3.8) is 0 Å². The van der Waals surface area contributed by atoms with Gasteiger partial charge in [-0.15, -0.1) is 0 Å². The number of carboxylic acid groups (broad SMARTS) is 1. The molecule has 2 N–H and O–H groups in total. The summed E-state index contributed by atoms with van der Waals surface area (Å²) in [5.41, 5.74) is 1.40. The first-order valence-corrected chi connectivity index (χ1v) is 15.4. The van der Waals surface area contributed by atoms with Gasteiger partial charge in [0.1, 0.15) is 18.5 Å². The Morgan fingerprint density at radius 1 is 1.12 bits per heavy atom. The Labute approximate surface area is 279 Å². The number of aliphatic carboxylic acids is 1. The Morgan fingerprint density at radius 2 is 1.88 bits per heavy atom. The topological polar surface area (TPSA) is 175 Å². The van der Waals surface area contributed by atoms with Crippen molar-refractivity contribution in [3.05, 3.63) is 71.8 Å². The van der Waals surface area contributed by atoms with Crippen LogP contribution < -0.4 is 10.1 Å². The zero-order valence-corrected chi connectivity index (χ0v) is 27.6. The third-order valence-corrected chi connectivity index (χ3v) is 7.75. The molecule has 1 heterocycles. The number of carbonyl (C=O) groups excluding carboxylic acids is 5. The second-order valence-electron chi connectivity index (χ2n) is 11.9. The number of ketones is 1. The molecule has 1 aliphatic rings. The molecule has 0 radical (unpaired) electrons. The first kappa shape index (κ1) is 37.4. The lowest BCUT2D eigenvalue weighted by Gasteiger charge is -2.36. The van der Waals surface area contributed by atoms with E-state index in [-0.39, 0.29) is 39.2 Å². The van der Waals surface area contributed by atoms with Gasteiger partial charge in [0, 0.05) is 24.7 Å². The molecule has 0 spiro atoms. The highest BCUT2D eigenvalue weighted by Gasteiger charge is 2.43. The first-order valence-electron chi connectivity index (χ1n) is 15.4. The SMILES string of the molecule is C=CC(=O)OCC(C)(C)C(=O)C(=O)N1CCOCC1C(=O)O[C@H](CCc1ccc(C)c(OC)c1)c1cccc(NC(=O)CCC(=O)O)c1. The van der Waals surface area contributed by atoms with Crippen LogP contribution in [0, 0.1) is 12.3 Å². The van der Waals surface area contributed by atoms with Crippen LogP contribution in [-0.4, -0.2) is 85.0 Å². The van der Waals surface area contributed by atoms with Crippen LogP contribution in [0.4, 0.5) is 5.69 Å². The number of esters is 2. The molecule has 13 nitrogen and oxygen atoms in total. The summed E-state index contributed by atoms with van der Waals surface area (Å²) < 4.78 is 22.0. The number of hydrogen-bond acceptors (Lipinski definition) is 10. The van der Waals surface area contributed by atoms with E-state index in [4.69, 9.17) is 24.1 Å². The normalized spacial score (nSPS) is 15.1. The van der Waals surface area contributed by atoms with E-state index in [1.54, 1.807) is 31.4 Å². The van der Waals surface area contributed by atoms with Gasteiger partial charge in [-0.1, -0.05) is 30.8 Å². The van der Waals surface area contributed by atoms with Crippen molar-refractivity contribution < 1.29 is 52.8 Å². The van der Waals surface area contributed by atoms with E-state index < -0.39 is 53.1 Å². The molecular weight excluding hydrogens is 624 g/mol. The van der Waals surface area contributed by atoms with Crippen molar-refractivity contribution in [2.75, 3.05) is 38.8 Å². The number of morpholine rings is 1. The van der Waals surface area contributed by atoms with Gasteiger partial charge in [-0.3, -0.25) is 19.2 Å². The van der Waals surface area contributed by atoms with Crippen molar-refractivity contribution in [1.29, 1.82) is 0 Å².